The van der Waals surface area contributed by atoms with Gasteiger partial charge in [0.05, 0.1) is 0 Å². The van der Waals surface area contributed by atoms with Crippen molar-refractivity contribution in [1.82, 2.24) is 10.3 Å². The maximum atomic E-state index is 6.26. The number of nitrogens with zero attached hydrogens (tertiary/aromatic N) is 1. The van der Waals surface area contributed by atoms with Crippen LogP contribution in [0.25, 0.3) is 0 Å². The minimum absolute atomic E-state index is 0.486. The topological polar surface area (TPSA) is 34.1 Å². The molecule has 108 valence electrons. The molecule has 0 radical (unpaired) electrons. The number of hydrogen-bond acceptors (Lipinski definition) is 4. The van der Waals surface area contributed by atoms with Crippen LogP contribution in [0.2, 0.25) is 5.02 Å². The summed E-state index contributed by atoms with van der Waals surface area (Å²) in [7, 11) is 0. The zero-order valence-electron chi connectivity index (χ0n) is 11.8. The van der Waals surface area contributed by atoms with Crippen LogP contribution in [-0.4, -0.2) is 11.5 Å². The number of ether oxygens (including phenoxy) is 1. The molecule has 2 aromatic rings. The monoisotopic (exact) mass is 310 g/mol. The van der Waals surface area contributed by atoms with Gasteiger partial charge in [-0.05, 0) is 32.0 Å². The van der Waals surface area contributed by atoms with Crippen LogP contribution in [0.4, 0.5) is 0 Å². The molecule has 2 rings (SSSR count). The van der Waals surface area contributed by atoms with Gasteiger partial charge in [-0.15, -0.1) is 11.3 Å². The van der Waals surface area contributed by atoms with E-state index in [0.717, 1.165) is 46.5 Å². The molecule has 5 heteroatoms. The minimum atomic E-state index is 0.486. The summed E-state index contributed by atoms with van der Waals surface area (Å²) in [5.41, 5.74) is 2.04. The van der Waals surface area contributed by atoms with Gasteiger partial charge >= 0.3 is 0 Å². The molecule has 3 nitrogen and oxygen atoms in total. The van der Waals surface area contributed by atoms with Crippen LogP contribution in [0.15, 0.2) is 23.6 Å². The summed E-state index contributed by atoms with van der Waals surface area (Å²) in [4.78, 5) is 4.40. The SMILES string of the molecule is CCCNCc1c(Cl)cccc1OCc1nc(C)cs1. The van der Waals surface area contributed by atoms with Crippen LogP contribution >= 0.6 is 22.9 Å². The maximum Gasteiger partial charge on any atom is 0.140 e. The van der Waals surface area contributed by atoms with Gasteiger partial charge in [0.25, 0.3) is 0 Å². The highest BCUT2D eigenvalue weighted by atomic mass is 35.5. The van der Waals surface area contributed by atoms with E-state index in [1.54, 1.807) is 11.3 Å². The lowest BCUT2D eigenvalue weighted by Crippen LogP contribution is -2.15. The smallest absolute Gasteiger partial charge is 0.140 e. The first-order valence-corrected chi connectivity index (χ1v) is 7.98. The van der Waals surface area contributed by atoms with Crippen LogP contribution in [0, 0.1) is 6.92 Å². The third-order valence-electron chi connectivity index (χ3n) is 2.82. The molecule has 0 saturated heterocycles. The molecule has 20 heavy (non-hydrogen) atoms. The molecule has 0 unspecified atom stereocenters. The van der Waals surface area contributed by atoms with Gasteiger partial charge in [0.1, 0.15) is 17.4 Å². The third kappa shape index (κ3) is 4.20. The minimum Gasteiger partial charge on any atom is -0.486 e. The molecular weight excluding hydrogens is 292 g/mol. The molecule has 0 amide bonds. The Hall–Kier alpha value is -1.10. The molecule has 0 fully saturated rings. The normalized spacial score (nSPS) is 10.8. The van der Waals surface area contributed by atoms with Crippen LogP contribution in [0.1, 0.15) is 29.6 Å². The first kappa shape index (κ1) is 15.3. The van der Waals surface area contributed by atoms with Crippen molar-refractivity contribution in [1.29, 1.82) is 0 Å². The highest BCUT2D eigenvalue weighted by Gasteiger charge is 2.09. The van der Waals surface area contributed by atoms with Gasteiger partial charge in [-0.2, -0.15) is 0 Å². The molecule has 0 atom stereocenters. The second-order valence-electron chi connectivity index (χ2n) is 4.56. The fraction of sp³-hybridized carbons (Fsp3) is 0.400. The fourth-order valence-electron chi connectivity index (χ4n) is 1.84. The largest absolute Gasteiger partial charge is 0.486 e. The number of rotatable bonds is 7. The second kappa shape index (κ2) is 7.62. The average Bonchev–Trinajstić information content (AvgIpc) is 2.85. The van der Waals surface area contributed by atoms with E-state index in [-0.39, 0.29) is 0 Å². The zero-order chi connectivity index (χ0) is 14.4. The molecule has 0 spiro atoms. The summed E-state index contributed by atoms with van der Waals surface area (Å²) in [5.74, 6) is 0.828. The van der Waals surface area contributed by atoms with Gasteiger partial charge in [0.15, 0.2) is 0 Å². The Balaban J connectivity index is 2.04. The number of benzene rings is 1. The number of nitrogens with one attached hydrogen (secondary N) is 1. The van der Waals surface area contributed by atoms with Gasteiger partial charge in [0, 0.05) is 28.2 Å². The Morgan fingerprint density at radius 2 is 2.25 bits per heavy atom. The van der Waals surface area contributed by atoms with Gasteiger partial charge < -0.3 is 10.1 Å². The predicted octanol–water partition coefficient (Wildman–Crippen LogP) is 4.18. The number of hydrogen-bond donors (Lipinski definition) is 1. The summed E-state index contributed by atoms with van der Waals surface area (Å²) in [6.07, 6.45) is 1.10. The Bertz CT molecular complexity index is 557. The standard InChI is InChI=1S/C15H19ClN2OS/c1-3-7-17-8-12-13(16)5-4-6-14(12)19-9-15-18-11(2)10-20-15/h4-6,10,17H,3,7-9H2,1-2H3. The molecule has 0 aliphatic heterocycles. The predicted molar refractivity (Wildman–Crippen MR) is 84.6 cm³/mol. The van der Waals surface area contributed by atoms with Gasteiger partial charge in [-0.1, -0.05) is 24.6 Å². The third-order valence-corrected chi connectivity index (χ3v) is 4.12. The maximum absolute atomic E-state index is 6.26. The Morgan fingerprint density at radius 3 is 2.95 bits per heavy atom. The van der Waals surface area contributed by atoms with E-state index in [2.05, 4.69) is 17.2 Å². The van der Waals surface area contributed by atoms with Crippen molar-refractivity contribution in [3.8, 4) is 5.75 Å². The first-order chi connectivity index (χ1) is 9.70. The fourth-order valence-corrected chi connectivity index (χ4v) is 2.76. The molecule has 1 aromatic carbocycles. The highest BCUT2D eigenvalue weighted by Crippen LogP contribution is 2.27. The summed E-state index contributed by atoms with van der Waals surface area (Å²) < 4.78 is 5.87. The van der Waals surface area contributed by atoms with E-state index in [0.29, 0.717) is 6.61 Å². The molecule has 1 aromatic heterocycles. The van der Waals surface area contributed by atoms with Crippen molar-refractivity contribution in [2.45, 2.75) is 33.4 Å². The van der Waals surface area contributed by atoms with Gasteiger partial charge in [-0.25, -0.2) is 4.98 Å². The van der Waals surface area contributed by atoms with Crippen molar-refractivity contribution in [2.75, 3.05) is 6.54 Å². The van der Waals surface area contributed by atoms with Crippen molar-refractivity contribution >= 4 is 22.9 Å². The van der Waals surface area contributed by atoms with Crippen LogP contribution < -0.4 is 10.1 Å². The molecule has 0 aliphatic rings. The number of aromatic nitrogens is 1. The van der Waals surface area contributed by atoms with E-state index in [4.69, 9.17) is 16.3 Å². The number of thiazole rings is 1. The van der Waals surface area contributed by atoms with Crippen LogP contribution in [0.5, 0.6) is 5.75 Å². The van der Waals surface area contributed by atoms with Crippen LogP contribution in [-0.2, 0) is 13.2 Å². The number of aryl methyl sites for hydroxylation is 1. The van der Waals surface area contributed by atoms with Crippen molar-refractivity contribution < 1.29 is 4.74 Å². The molecule has 1 N–H and O–H groups in total. The Kier molecular flexibility index (Phi) is 5.83. The van der Waals surface area contributed by atoms with E-state index in [9.17, 15) is 0 Å². The molecule has 0 aliphatic carbocycles. The van der Waals surface area contributed by atoms with Crippen molar-refractivity contribution in [3.05, 3.63) is 44.9 Å². The summed E-state index contributed by atoms with van der Waals surface area (Å²) >= 11 is 7.88. The zero-order valence-corrected chi connectivity index (χ0v) is 13.4. The lowest BCUT2D eigenvalue weighted by molar-refractivity contribution is 0.301. The molecule has 1 heterocycles. The molecular formula is C15H19ClN2OS. The lowest BCUT2D eigenvalue weighted by Gasteiger charge is -2.12. The molecule has 0 saturated carbocycles. The van der Waals surface area contributed by atoms with Gasteiger partial charge in [-0.3, -0.25) is 0 Å². The van der Waals surface area contributed by atoms with Crippen molar-refractivity contribution in [3.63, 3.8) is 0 Å². The lowest BCUT2D eigenvalue weighted by atomic mass is 10.2. The van der Waals surface area contributed by atoms with Crippen molar-refractivity contribution in [2.24, 2.45) is 0 Å². The quantitative estimate of drug-likeness (QED) is 0.779. The van der Waals surface area contributed by atoms with E-state index >= 15 is 0 Å². The van der Waals surface area contributed by atoms with Gasteiger partial charge in [0.2, 0.25) is 0 Å². The van der Waals surface area contributed by atoms with E-state index < -0.39 is 0 Å². The first-order valence-electron chi connectivity index (χ1n) is 6.72. The average molecular weight is 311 g/mol. The Labute approximate surface area is 129 Å². The summed E-state index contributed by atoms with van der Waals surface area (Å²) in [6, 6.07) is 5.76. The molecule has 0 bridgehead atoms. The van der Waals surface area contributed by atoms with E-state index in [1.807, 2.05) is 30.5 Å². The van der Waals surface area contributed by atoms with Crippen LogP contribution in [0.3, 0.4) is 0 Å². The summed E-state index contributed by atoms with van der Waals surface area (Å²) in [6.45, 7) is 6.30. The second-order valence-corrected chi connectivity index (χ2v) is 5.91. The summed E-state index contributed by atoms with van der Waals surface area (Å²) in [5, 5.41) is 7.10. The van der Waals surface area contributed by atoms with E-state index in [1.165, 1.54) is 0 Å². The number of halogens is 1. The highest BCUT2D eigenvalue weighted by molar-refractivity contribution is 7.09. The Morgan fingerprint density at radius 1 is 1.40 bits per heavy atom.